The van der Waals surface area contributed by atoms with Gasteiger partial charge in [0, 0.05) is 38.4 Å². The highest BCUT2D eigenvalue weighted by atomic mass is 16.5. The normalized spacial score (nSPS) is 17.7. The number of hydrogen-bond donors (Lipinski definition) is 4. The summed E-state index contributed by atoms with van der Waals surface area (Å²) >= 11 is 0. The van der Waals surface area contributed by atoms with Gasteiger partial charge in [-0.05, 0) is 54.9 Å². The molecule has 0 radical (unpaired) electrons. The highest BCUT2D eigenvalue weighted by molar-refractivity contribution is 5.87. The maximum atomic E-state index is 13.9. The van der Waals surface area contributed by atoms with E-state index in [9.17, 15) is 19.2 Å². The van der Waals surface area contributed by atoms with Gasteiger partial charge in [0.25, 0.3) is 0 Å². The first-order valence-corrected chi connectivity index (χ1v) is 18.7. The maximum absolute atomic E-state index is 13.9. The molecule has 5 heterocycles. The summed E-state index contributed by atoms with van der Waals surface area (Å²) in [7, 11) is 4.39. The lowest BCUT2D eigenvalue weighted by molar-refractivity contribution is -0.135. The number of alkyl carbamates (subject to hydrolysis) is 2. The second-order valence-electron chi connectivity index (χ2n) is 14.1. The van der Waals surface area contributed by atoms with Crippen molar-refractivity contribution in [2.24, 2.45) is 7.05 Å². The third kappa shape index (κ3) is 7.99. The average molecular weight is 763 g/mol. The molecule has 5 aromatic rings. The summed E-state index contributed by atoms with van der Waals surface area (Å²) in [4.78, 5) is 74.7. The van der Waals surface area contributed by atoms with Crippen molar-refractivity contribution in [3.05, 3.63) is 90.8 Å². The van der Waals surface area contributed by atoms with Crippen LogP contribution in [0.15, 0.2) is 73.4 Å². The van der Waals surface area contributed by atoms with Gasteiger partial charge in [0.2, 0.25) is 11.8 Å². The molecule has 0 spiro atoms. The maximum Gasteiger partial charge on any atom is 0.407 e. The molecule has 292 valence electrons. The lowest BCUT2D eigenvalue weighted by Gasteiger charge is -2.28. The summed E-state index contributed by atoms with van der Waals surface area (Å²) in [6.07, 6.45) is 9.08. The number of aromatic amines is 2. The van der Waals surface area contributed by atoms with Crippen LogP contribution in [-0.2, 0) is 32.5 Å². The van der Waals surface area contributed by atoms with Crippen molar-refractivity contribution in [3.8, 4) is 33.6 Å². The Morgan fingerprint density at radius 1 is 0.732 bits per heavy atom. The van der Waals surface area contributed by atoms with Crippen molar-refractivity contribution < 1.29 is 28.7 Å². The third-order valence-electron chi connectivity index (χ3n) is 10.6. The Balaban J connectivity index is 0.997. The molecule has 0 saturated carbocycles. The minimum absolute atomic E-state index is 0.177. The largest absolute Gasteiger partial charge is 0.453 e. The molecule has 2 saturated heterocycles. The van der Waals surface area contributed by atoms with E-state index in [0.29, 0.717) is 24.7 Å². The zero-order valence-corrected chi connectivity index (χ0v) is 31.8. The third-order valence-corrected chi connectivity index (χ3v) is 10.6. The second kappa shape index (κ2) is 16.5. The Labute approximate surface area is 324 Å². The number of imidazole rings is 3. The number of ether oxygens (including phenoxy) is 2. The number of aryl methyl sites for hydroxylation is 1. The van der Waals surface area contributed by atoms with E-state index in [-0.39, 0.29) is 30.3 Å². The van der Waals surface area contributed by atoms with Crippen molar-refractivity contribution in [1.29, 1.82) is 0 Å². The first-order valence-electron chi connectivity index (χ1n) is 18.7. The number of rotatable bonds is 11. The lowest BCUT2D eigenvalue weighted by Crippen LogP contribution is -2.49. The van der Waals surface area contributed by atoms with Gasteiger partial charge < -0.3 is 44.4 Å². The summed E-state index contributed by atoms with van der Waals surface area (Å²) in [5.74, 6) is 1.03. The van der Waals surface area contributed by atoms with E-state index >= 15 is 0 Å². The smallest absolute Gasteiger partial charge is 0.407 e. The fourth-order valence-electron chi connectivity index (χ4n) is 7.56. The van der Waals surface area contributed by atoms with Gasteiger partial charge in [-0.3, -0.25) is 9.59 Å². The van der Waals surface area contributed by atoms with Crippen LogP contribution in [0.5, 0.6) is 0 Å². The van der Waals surface area contributed by atoms with Crippen LogP contribution < -0.4 is 10.6 Å². The molecule has 0 unspecified atom stereocenters. The summed E-state index contributed by atoms with van der Waals surface area (Å²) in [6, 6.07) is 14.4. The van der Waals surface area contributed by atoms with E-state index in [1.807, 2.05) is 35.9 Å². The number of carbonyl (C=O) groups is 4. The molecular weight excluding hydrogens is 717 g/mol. The molecule has 2 aliphatic heterocycles. The number of H-pyrrole nitrogens is 2. The Hall–Kier alpha value is -6.45. The number of likely N-dealkylation sites (tertiary alicyclic amines) is 2. The van der Waals surface area contributed by atoms with Crippen molar-refractivity contribution in [2.75, 3.05) is 27.3 Å². The average Bonchev–Trinajstić information content (AvgIpc) is 4.07. The van der Waals surface area contributed by atoms with Gasteiger partial charge in [-0.1, -0.05) is 48.5 Å². The van der Waals surface area contributed by atoms with Crippen LogP contribution in [0.25, 0.3) is 33.6 Å². The number of aromatic nitrogens is 6. The van der Waals surface area contributed by atoms with Gasteiger partial charge in [-0.2, -0.15) is 0 Å². The van der Waals surface area contributed by atoms with E-state index in [2.05, 4.69) is 59.6 Å². The molecule has 16 nitrogen and oxygen atoms in total. The van der Waals surface area contributed by atoms with Gasteiger partial charge in [0.15, 0.2) is 0 Å². The lowest BCUT2D eigenvalue weighted by atomic mass is 10.0. The van der Waals surface area contributed by atoms with Crippen LogP contribution in [0.3, 0.4) is 0 Å². The molecule has 16 heteroatoms. The molecule has 2 aliphatic rings. The Morgan fingerprint density at radius 3 is 1.70 bits per heavy atom. The quantitative estimate of drug-likeness (QED) is 0.145. The molecule has 2 fully saturated rings. The van der Waals surface area contributed by atoms with Gasteiger partial charge in [0.1, 0.15) is 23.7 Å². The standard InChI is InChI=1S/C40H46N10O6/c1-24(44-39(53)55-3)37(51)49-17-5-7-33(49)35-42-21-31(45-35)27-13-9-25(10-14-27)26-11-15-28(16-12-26)32-22-43-36(46-32)34-8-6-18-50(34)38(52)30(47-40(54)56-4)19-29-20-41-23-48(29)2/h9-16,20-24,30,33-34H,5-8,17-19H2,1-4H3,(H,42,45)(H,43,46)(H,44,53)(H,47,54)/t24-,30+,33+,34+/m1/s1. The van der Waals surface area contributed by atoms with E-state index < -0.39 is 24.3 Å². The molecule has 0 bridgehead atoms. The summed E-state index contributed by atoms with van der Waals surface area (Å²) in [5.41, 5.74) is 6.52. The number of nitrogens with one attached hydrogen (secondary N) is 4. The molecule has 4 N–H and O–H groups in total. The molecule has 56 heavy (non-hydrogen) atoms. The molecule has 7 rings (SSSR count). The minimum atomic E-state index is -0.820. The number of carbonyl (C=O) groups excluding carboxylic acids is 4. The topological polar surface area (TPSA) is 192 Å². The summed E-state index contributed by atoms with van der Waals surface area (Å²) < 4.78 is 11.3. The molecule has 4 atom stereocenters. The van der Waals surface area contributed by atoms with Crippen LogP contribution in [-0.4, -0.2) is 103 Å². The number of nitrogens with zero attached hydrogens (tertiary/aromatic N) is 6. The van der Waals surface area contributed by atoms with Crippen LogP contribution in [0, 0.1) is 0 Å². The van der Waals surface area contributed by atoms with Crippen molar-refractivity contribution in [1.82, 2.24) is 49.9 Å². The SMILES string of the molecule is COC(=O)N[C@@H](Cc1cncn1C)C(=O)N1CCC[C@H]1c1ncc(-c2ccc(-c3ccc(-c4cnc([C@@H]5CCCN5C(=O)[C@@H](C)NC(=O)OC)[nH]4)cc3)cc2)[nH]1. The number of benzene rings is 2. The van der Waals surface area contributed by atoms with Crippen LogP contribution in [0.2, 0.25) is 0 Å². The van der Waals surface area contributed by atoms with Crippen molar-refractivity contribution >= 4 is 24.0 Å². The predicted octanol–water partition coefficient (Wildman–Crippen LogP) is 4.91. The monoisotopic (exact) mass is 762 g/mol. The molecule has 4 amide bonds. The Morgan fingerprint density at radius 2 is 1.21 bits per heavy atom. The van der Waals surface area contributed by atoms with Crippen molar-refractivity contribution in [3.63, 3.8) is 0 Å². The van der Waals surface area contributed by atoms with Crippen molar-refractivity contribution in [2.45, 2.75) is 63.2 Å². The number of hydrogen-bond acceptors (Lipinski definition) is 9. The van der Waals surface area contributed by atoms with E-state index in [0.717, 1.165) is 65.0 Å². The second-order valence-corrected chi connectivity index (χ2v) is 14.1. The predicted molar refractivity (Wildman–Crippen MR) is 206 cm³/mol. The van der Waals surface area contributed by atoms with Crippen LogP contribution in [0.1, 0.15) is 62.0 Å². The molecule has 0 aliphatic carbocycles. The van der Waals surface area contributed by atoms with E-state index in [4.69, 9.17) is 9.72 Å². The highest BCUT2D eigenvalue weighted by Gasteiger charge is 2.37. The summed E-state index contributed by atoms with van der Waals surface area (Å²) in [5, 5.41) is 5.27. The van der Waals surface area contributed by atoms with Gasteiger partial charge >= 0.3 is 12.2 Å². The minimum Gasteiger partial charge on any atom is -0.453 e. The van der Waals surface area contributed by atoms with Crippen LogP contribution >= 0.6 is 0 Å². The zero-order chi connectivity index (χ0) is 39.3. The Bertz CT molecular complexity index is 2170. The van der Waals surface area contributed by atoms with Gasteiger partial charge in [0.05, 0.1) is 56.4 Å². The molecule has 3 aromatic heterocycles. The molecule has 2 aromatic carbocycles. The van der Waals surface area contributed by atoms with E-state index in [1.54, 1.807) is 41.6 Å². The zero-order valence-electron chi connectivity index (χ0n) is 31.8. The number of methoxy groups -OCH3 is 2. The fourth-order valence-corrected chi connectivity index (χ4v) is 7.56. The highest BCUT2D eigenvalue weighted by Crippen LogP contribution is 2.34. The fraction of sp³-hybridized carbons (Fsp3) is 0.375. The number of amides is 4. The van der Waals surface area contributed by atoms with Crippen LogP contribution in [0.4, 0.5) is 9.59 Å². The Kier molecular flexibility index (Phi) is 11.2. The first kappa shape index (κ1) is 37.8. The molecular formula is C40H46N10O6. The van der Waals surface area contributed by atoms with E-state index in [1.165, 1.54) is 14.2 Å². The first-order chi connectivity index (χ1) is 27.1. The van der Waals surface area contributed by atoms with Gasteiger partial charge in [-0.15, -0.1) is 0 Å². The van der Waals surface area contributed by atoms with Gasteiger partial charge in [-0.25, -0.2) is 24.5 Å². The summed E-state index contributed by atoms with van der Waals surface area (Å²) in [6.45, 7) is 2.79.